The summed E-state index contributed by atoms with van der Waals surface area (Å²) in [7, 11) is -2.24. The number of rotatable bonds is 8. The third-order valence-electron chi connectivity index (χ3n) is 6.06. The normalized spacial score (nSPS) is 25.9. The van der Waals surface area contributed by atoms with Crippen molar-refractivity contribution < 1.29 is 18.8 Å². The lowest BCUT2D eigenvalue weighted by molar-refractivity contribution is -0.180. The molecule has 2 unspecified atom stereocenters. The van der Waals surface area contributed by atoms with Crippen LogP contribution in [0.15, 0.2) is 0 Å². The standard InChI is InChI=1S/C21H43NO4Si2/c1-12-25-17(23)14(2)16-21(28(10)11,18(24)22(16)20(7,8)9)15(3)26-27-13-19(4,5)6/h14-16,28H,12-13,27H2,1-11H3/t14?,15?,16-,21+/m0/s1. The van der Waals surface area contributed by atoms with E-state index in [0.717, 1.165) is 6.04 Å². The Hall–Kier alpha value is -0.666. The van der Waals surface area contributed by atoms with E-state index >= 15 is 0 Å². The van der Waals surface area contributed by atoms with Crippen LogP contribution in [0.4, 0.5) is 0 Å². The summed E-state index contributed by atoms with van der Waals surface area (Å²) in [5.74, 6) is -0.408. The van der Waals surface area contributed by atoms with Gasteiger partial charge in [0.2, 0.25) is 5.91 Å². The molecule has 0 saturated carbocycles. The molecule has 0 bridgehead atoms. The van der Waals surface area contributed by atoms with E-state index in [0.29, 0.717) is 6.61 Å². The molecular formula is C21H43NO4Si2. The number of amides is 1. The summed E-state index contributed by atoms with van der Waals surface area (Å²) < 4.78 is 11.8. The number of carbonyl (C=O) groups is 2. The molecule has 28 heavy (non-hydrogen) atoms. The predicted octanol–water partition coefficient (Wildman–Crippen LogP) is 3.38. The highest BCUT2D eigenvalue weighted by atomic mass is 28.3. The molecule has 164 valence electrons. The Kier molecular flexibility index (Phi) is 8.16. The summed E-state index contributed by atoms with van der Waals surface area (Å²) in [6, 6.07) is 0.909. The highest BCUT2D eigenvalue weighted by Crippen LogP contribution is 2.57. The van der Waals surface area contributed by atoms with E-state index < -0.39 is 23.6 Å². The molecule has 0 aromatic rings. The van der Waals surface area contributed by atoms with Crippen LogP contribution in [0.3, 0.4) is 0 Å². The van der Waals surface area contributed by atoms with Crippen LogP contribution >= 0.6 is 0 Å². The van der Waals surface area contributed by atoms with Gasteiger partial charge >= 0.3 is 5.97 Å². The van der Waals surface area contributed by atoms with Crippen LogP contribution in [0.2, 0.25) is 24.2 Å². The SMILES string of the molecule is CCOC(=O)C(C)[C@@H]1N(C(C)(C)C)C(=O)[C@]1(C(C)O[SiH2]CC(C)(C)C)[SiH](C)C. The van der Waals surface area contributed by atoms with Gasteiger partial charge in [-0.15, -0.1) is 0 Å². The number of β-lactam (4-membered cyclic amide) rings is 1. The number of esters is 1. The molecule has 1 fully saturated rings. The minimum absolute atomic E-state index is 0.152. The molecule has 7 heteroatoms. The van der Waals surface area contributed by atoms with E-state index in [1.165, 1.54) is 0 Å². The molecule has 0 aromatic heterocycles. The largest absolute Gasteiger partial charge is 0.466 e. The van der Waals surface area contributed by atoms with Crippen molar-refractivity contribution in [3.8, 4) is 0 Å². The van der Waals surface area contributed by atoms with E-state index in [9.17, 15) is 9.59 Å². The molecule has 1 amide bonds. The minimum Gasteiger partial charge on any atom is -0.466 e. The van der Waals surface area contributed by atoms with Crippen molar-refractivity contribution in [3.05, 3.63) is 0 Å². The topological polar surface area (TPSA) is 55.8 Å². The van der Waals surface area contributed by atoms with Gasteiger partial charge < -0.3 is 14.1 Å². The molecule has 0 aromatic carbocycles. The molecule has 1 rings (SSSR count). The van der Waals surface area contributed by atoms with Gasteiger partial charge in [-0.2, -0.15) is 0 Å². The molecule has 0 aliphatic carbocycles. The smallest absolute Gasteiger partial charge is 0.310 e. The van der Waals surface area contributed by atoms with Gasteiger partial charge in [-0.3, -0.25) is 9.59 Å². The summed E-state index contributed by atoms with van der Waals surface area (Å²) in [5.41, 5.74) is -0.0924. The summed E-state index contributed by atoms with van der Waals surface area (Å²) >= 11 is 0. The fourth-order valence-corrected chi connectivity index (χ4v) is 8.86. The second-order valence-corrected chi connectivity index (χ2v) is 15.2. The third kappa shape index (κ3) is 4.90. The Morgan fingerprint density at radius 3 is 2.14 bits per heavy atom. The van der Waals surface area contributed by atoms with Crippen LogP contribution in [0, 0.1) is 11.3 Å². The molecule has 1 aliphatic heterocycles. The van der Waals surface area contributed by atoms with Crippen molar-refractivity contribution in [1.29, 1.82) is 0 Å². The van der Waals surface area contributed by atoms with Crippen molar-refractivity contribution in [2.45, 2.75) is 104 Å². The average Bonchev–Trinajstić information content (AvgIpc) is 2.49. The maximum atomic E-state index is 13.6. The number of carbonyl (C=O) groups excluding carboxylic acids is 2. The number of hydrogen-bond donors (Lipinski definition) is 0. The first-order valence-electron chi connectivity index (χ1n) is 10.7. The van der Waals surface area contributed by atoms with Gasteiger partial charge in [-0.05, 0) is 53.0 Å². The number of likely N-dealkylation sites (tertiary alicyclic amines) is 1. The van der Waals surface area contributed by atoms with Crippen LogP contribution in [0.1, 0.15) is 62.3 Å². The van der Waals surface area contributed by atoms with E-state index in [1.54, 1.807) is 0 Å². The van der Waals surface area contributed by atoms with Crippen LogP contribution in [0.5, 0.6) is 0 Å². The van der Waals surface area contributed by atoms with Crippen LogP contribution in [0.25, 0.3) is 0 Å². The summed E-state index contributed by atoms with van der Waals surface area (Å²) in [6.07, 6.45) is -0.152. The molecule has 5 nitrogen and oxygen atoms in total. The Morgan fingerprint density at radius 1 is 1.21 bits per heavy atom. The molecule has 4 atom stereocenters. The Morgan fingerprint density at radius 2 is 1.75 bits per heavy atom. The number of nitrogens with zero attached hydrogens (tertiary/aromatic N) is 1. The molecular weight excluding hydrogens is 386 g/mol. The maximum Gasteiger partial charge on any atom is 0.310 e. The summed E-state index contributed by atoms with van der Waals surface area (Å²) in [5, 5.41) is -0.551. The number of hydrogen-bond acceptors (Lipinski definition) is 4. The Bertz CT molecular complexity index is 568. The predicted molar refractivity (Wildman–Crippen MR) is 121 cm³/mol. The quantitative estimate of drug-likeness (QED) is 0.337. The first kappa shape index (κ1) is 25.4. The molecule has 0 spiro atoms. The summed E-state index contributed by atoms with van der Waals surface area (Å²) in [4.78, 5) is 28.2. The first-order chi connectivity index (χ1) is 12.6. The van der Waals surface area contributed by atoms with Gasteiger partial charge in [0.05, 0.1) is 38.5 Å². The van der Waals surface area contributed by atoms with Gasteiger partial charge in [0.1, 0.15) is 0 Å². The maximum absolute atomic E-state index is 13.6. The van der Waals surface area contributed by atoms with Crippen molar-refractivity contribution in [1.82, 2.24) is 4.90 Å². The van der Waals surface area contributed by atoms with Gasteiger partial charge in [-0.1, -0.05) is 33.9 Å². The highest BCUT2D eigenvalue weighted by molar-refractivity contribution is 6.66. The van der Waals surface area contributed by atoms with E-state index in [2.05, 4.69) is 40.8 Å². The second kappa shape index (κ2) is 9.00. The summed E-state index contributed by atoms with van der Waals surface area (Å²) in [6.45, 7) is 23.4. The van der Waals surface area contributed by atoms with Gasteiger partial charge in [-0.25, -0.2) is 0 Å². The van der Waals surface area contributed by atoms with E-state index in [-0.39, 0.29) is 40.9 Å². The fourth-order valence-electron chi connectivity index (χ4n) is 4.52. The van der Waals surface area contributed by atoms with Crippen LogP contribution in [-0.4, -0.2) is 59.6 Å². The average molecular weight is 430 g/mol. The number of ether oxygens (including phenoxy) is 1. The van der Waals surface area contributed by atoms with Crippen molar-refractivity contribution in [3.63, 3.8) is 0 Å². The zero-order chi connectivity index (χ0) is 22.1. The molecule has 0 radical (unpaired) electrons. The Balaban J connectivity index is 3.27. The van der Waals surface area contributed by atoms with Gasteiger partial charge in [0.25, 0.3) is 0 Å². The van der Waals surface area contributed by atoms with Gasteiger partial charge in [0.15, 0.2) is 9.76 Å². The fraction of sp³-hybridized carbons (Fsp3) is 0.905. The van der Waals surface area contributed by atoms with Crippen molar-refractivity contribution >= 4 is 30.4 Å². The second-order valence-electron chi connectivity index (χ2n) is 10.7. The minimum atomic E-state index is -1.50. The van der Waals surface area contributed by atoms with Gasteiger partial charge in [0, 0.05) is 5.54 Å². The molecule has 0 N–H and O–H groups in total. The van der Waals surface area contributed by atoms with Crippen LogP contribution in [-0.2, 0) is 18.8 Å². The Labute approximate surface area is 176 Å². The highest BCUT2D eigenvalue weighted by Gasteiger charge is 2.69. The van der Waals surface area contributed by atoms with Crippen LogP contribution < -0.4 is 0 Å². The van der Waals surface area contributed by atoms with Crippen molar-refractivity contribution in [2.75, 3.05) is 6.61 Å². The third-order valence-corrected chi connectivity index (χ3v) is 11.5. The van der Waals surface area contributed by atoms with E-state index in [1.807, 2.05) is 39.5 Å². The zero-order valence-corrected chi connectivity index (χ0v) is 22.6. The first-order valence-corrected chi connectivity index (χ1v) is 15.2. The molecule has 1 heterocycles. The molecule has 1 aliphatic rings. The monoisotopic (exact) mass is 429 g/mol. The molecule has 1 saturated heterocycles. The lowest BCUT2D eigenvalue weighted by atomic mass is 9.72. The lowest BCUT2D eigenvalue weighted by Gasteiger charge is -2.65. The van der Waals surface area contributed by atoms with E-state index in [4.69, 9.17) is 9.16 Å². The lowest BCUT2D eigenvalue weighted by Crippen LogP contribution is -2.78. The zero-order valence-electron chi connectivity index (χ0n) is 20.0. The van der Waals surface area contributed by atoms with Crippen molar-refractivity contribution in [2.24, 2.45) is 11.3 Å².